The Morgan fingerprint density at radius 3 is 2.07 bits per heavy atom. The number of anilines is 1. The minimum absolute atomic E-state index is 0.0615. The summed E-state index contributed by atoms with van der Waals surface area (Å²) in [5.41, 5.74) is 1.51. The number of nitrogens with zero attached hydrogens (tertiary/aromatic N) is 3. The van der Waals surface area contributed by atoms with Crippen LogP contribution < -0.4 is 11.0 Å². The number of nitro benzene ring substituents is 1. The Morgan fingerprint density at radius 1 is 0.867 bits per heavy atom. The lowest BCUT2D eigenvalue weighted by atomic mass is 10.1. The third-order valence-electron chi connectivity index (χ3n) is 4.52. The molecule has 0 saturated heterocycles. The van der Waals surface area contributed by atoms with Crippen LogP contribution in [0.25, 0.3) is 16.9 Å². The maximum atomic E-state index is 13.1. The maximum absolute atomic E-state index is 13.1. The maximum Gasteiger partial charge on any atom is 0.341 e. The van der Waals surface area contributed by atoms with Crippen molar-refractivity contribution in [3.05, 3.63) is 112 Å². The SMILES string of the molecule is O=C(Nc1ccccc1)n1cc(-c2ccc([N+](=O)[O-])cc2)n(-c2ccccc2)c1=O. The number of non-ortho nitro benzene ring substituents is 1. The molecule has 0 unspecified atom stereocenters. The molecule has 0 spiro atoms. The van der Waals surface area contributed by atoms with Gasteiger partial charge in [0.05, 0.1) is 16.3 Å². The van der Waals surface area contributed by atoms with E-state index in [-0.39, 0.29) is 5.69 Å². The molecule has 1 heterocycles. The molecule has 1 aromatic heterocycles. The first-order chi connectivity index (χ1) is 14.5. The molecule has 0 atom stereocenters. The van der Waals surface area contributed by atoms with Crippen LogP contribution in [0.4, 0.5) is 16.2 Å². The van der Waals surface area contributed by atoms with E-state index in [1.807, 2.05) is 12.1 Å². The van der Waals surface area contributed by atoms with Crippen LogP contribution in [-0.2, 0) is 0 Å². The number of nitro groups is 1. The summed E-state index contributed by atoms with van der Waals surface area (Å²) in [4.78, 5) is 36.3. The number of carbonyl (C=O) groups is 1. The van der Waals surface area contributed by atoms with Gasteiger partial charge in [-0.25, -0.2) is 14.2 Å². The van der Waals surface area contributed by atoms with Gasteiger partial charge < -0.3 is 5.32 Å². The van der Waals surface area contributed by atoms with Gasteiger partial charge in [0.2, 0.25) is 0 Å². The van der Waals surface area contributed by atoms with Gasteiger partial charge >= 0.3 is 11.7 Å². The summed E-state index contributed by atoms with van der Waals surface area (Å²) in [5, 5.41) is 13.6. The van der Waals surface area contributed by atoms with Gasteiger partial charge in [0.15, 0.2) is 0 Å². The number of amides is 1. The van der Waals surface area contributed by atoms with E-state index in [4.69, 9.17) is 0 Å². The Balaban J connectivity index is 1.82. The number of imidazole rings is 1. The zero-order valence-electron chi connectivity index (χ0n) is 15.6. The summed E-state index contributed by atoms with van der Waals surface area (Å²) in [6.07, 6.45) is 1.43. The number of para-hydroxylation sites is 2. The van der Waals surface area contributed by atoms with Crippen LogP contribution in [0.1, 0.15) is 0 Å². The van der Waals surface area contributed by atoms with Gasteiger partial charge in [-0.2, -0.15) is 0 Å². The Kier molecular flexibility index (Phi) is 4.96. The highest BCUT2D eigenvalue weighted by atomic mass is 16.6. The molecule has 0 fully saturated rings. The minimum Gasteiger partial charge on any atom is -0.307 e. The fraction of sp³-hybridized carbons (Fsp3) is 0. The van der Waals surface area contributed by atoms with Gasteiger partial charge in [0.25, 0.3) is 5.69 Å². The van der Waals surface area contributed by atoms with Crippen LogP contribution in [0, 0.1) is 10.1 Å². The Morgan fingerprint density at radius 2 is 1.47 bits per heavy atom. The Labute approximate surface area is 170 Å². The van der Waals surface area contributed by atoms with E-state index in [0.717, 1.165) is 4.57 Å². The van der Waals surface area contributed by atoms with Crippen molar-refractivity contribution in [1.82, 2.24) is 9.13 Å². The predicted molar refractivity (Wildman–Crippen MR) is 113 cm³/mol. The van der Waals surface area contributed by atoms with Crippen molar-refractivity contribution >= 4 is 17.4 Å². The van der Waals surface area contributed by atoms with Crippen molar-refractivity contribution in [2.45, 2.75) is 0 Å². The average Bonchev–Trinajstić information content (AvgIpc) is 3.12. The van der Waals surface area contributed by atoms with E-state index >= 15 is 0 Å². The molecule has 0 saturated carbocycles. The third kappa shape index (κ3) is 3.61. The number of hydrogen-bond acceptors (Lipinski definition) is 4. The topological polar surface area (TPSA) is 99.2 Å². The second-order valence-electron chi connectivity index (χ2n) is 6.44. The van der Waals surface area contributed by atoms with E-state index < -0.39 is 16.6 Å². The molecule has 8 nitrogen and oxygen atoms in total. The standard InChI is InChI=1S/C22H16N4O4/c27-21(23-17-7-3-1-4-8-17)24-15-20(16-11-13-19(14-12-16)26(29)30)25(22(24)28)18-9-5-2-6-10-18/h1-15H,(H,23,27). The van der Waals surface area contributed by atoms with Crippen molar-refractivity contribution in [3.63, 3.8) is 0 Å². The highest BCUT2D eigenvalue weighted by molar-refractivity contribution is 5.91. The van der Waals surface area contributed by atoms with Crippen molar-refractivity contribution in [2.75, 3.05) is 5.32 Å². The Hall–Kier alpha value is -4.46. The molecule has 1 N–H and O–H groups in total. The second-order valence-corrected chi connectivity index (χ2v) is 6.44. The number of hydrogen-bond donors (Lipinski definition) is 1. The first kappa shape index (κ1) is 18.9. The molecule has 0 bridgehead atoms. The van der Waals surface area contributed by atoms with E-state index in [2.05, 4.69) is 5.32 Å². The van der Waals surface area contributed by atoms with Gasteiger partial charge in [0.1, 0.15) is 0 Å². The smallest absolute Gasteiger partial charge is 0.307 e. The van der Waals surface area contributed by atoms with Crippen molar-refractivity contribution in [2.24, 2.45) is 0 Å². The quantitative estimate of drug-likeness (QED) is 0.408. The Bertz CT molecular complexity index is 1260. The number of carbonyl (C=O) groups excluding carboxylic acids is 1. The lowest BCUT2D eigenvalue weighted by Crippen LogP contribution is -2.31. The highest BCUT2D eigenvalue weighted by Gasteiger charge is 2.19. The molecular formula is C22H16N4O4. The monoisotopic (exact) mass is 400 g/mol. The summed E-state index contributed by atoms with van der Waals surface area (Å²) >= 11 is 0. The molecule has 3 aromatic carbocycles. The zero-order chi connectivity index (χ0) is 21.1. The number of aromatic nitrogens is 2. The number of nitrogens with one attached hydrogen (secondary N) is 1. The van der Waals surface area contributed by atoms with Crippen LogP contribution in [-0.4, -0.2) is 20.1 Å². The minimum atomic E-state index is -0.607. The van der Waals surface area contributed by atoms with Crippen LogP contribution in [0.5, 0.6) is 0 Å². The molecule has 1 amide bonds. The van der Waals surface area contributed by atoms with Gasteiger partial charge in [-0.3, -0.25) is 14.7 Å². The molecule has 0 aliphatic carbocycles. The summed E-state index contributed by atoms with van der Waals surface area (Å²) in [5.74, 6) is 0. The van der Waals surface area contributed by atoms with E-state index in [1.165, 1.54) is 22.9 Å². The predicted octanol–water partition coefficient (Wildman–Crippen LogP) is 4.29. The molecular weight excluding hydrogens is 384 g/mol. The molecule has 0 aliphatic rings. The molecule has 0 aliphatic heterocycles. The molecule has 148 valence electrons. The van der Waals surface area contributed by atoms with E-state index in [9.17, 15) is 19.7 Å². The lowest BCUT2D eigenvalue weighted by Gasteiger charge is -2.07. The molecule has 30 heavy (non-hydrogen) atoms. The third-order valence-corrected chi connectivity index (χ3v) is 4.52. The fourth-order valence-electron chi connectivity index (χ4n) is 3.08. The summed E-state index contributed by atoms with van der Waals surface area (Å²) < 4.78 is 2.38. The molecule has 0 radical (unpaired) electrons. The van der Waals surface area contributed by atoms with Crippen LogP contribution >= 0.6 is 0 Å². The average molecular weight is 400 g/mol. The van der Waals surface area contributed by atoms with Crippen molar-refractivity contribution < 1.29 is 9.72 Å². The van der Waals surface area contributed by atoms with Gasteiger partial charge in [0, 0.05) is 29.6 Å². The van der Waals surface area contributed by atoms with Crippen LogP contribution in [0.15, 0.2) is 95.9 Å². The second kappa shape index (κ2) is 7.88. The first-order valence-corrected chi connectivity index (χ1v) is 9.05. The fourth-order valence-corrected chi connectivity index (χ4v) is 3.08. The largest absolute Gasteiger partial charge is 0.341 e. The zero-order valence-corrected chi connectivity index (χ0v) is 15.6. The summed E-state index contributed by atoms with van der Waals surface area (Å²) in [6, 6.07) is 22.9. The van der Waals surface area contributed by atoms with Crippen LogP contribution in [0.2, 0.25) is 0 Å². The van der Waals surface area contributed by atoms with E-state index in [0.29, 0.717) is 22.6 Å². The van der Waals surface area contributed by atoms with Gasteiger partial charge in [-0.05, 0) is 36.4 Å². The first-order valence-electron chi connectivity index (χ1n) is 9.05. The number of benzene rings is 3. The van der Waals surface area contributed by atoms with Gasteiger partial charge in [-0.1, -0.05) is 36.4 Å². The summed E-state index contributed by atoms with van der Waals surface area (Å²) in [7, 11) is 0. The van der Waals surface area contributed by atoms with E-state index in [1.54, 1.807) is 60.7 Å². The molecule has 4 aromatic rings. The van der Waals surface area contributed by atoms with Crippen molar-refractivity contribution in [3.8, 4) is 16.9 Å². The van der Waals surface area contributed by atoms with Crippen LogP contribution in [0.3, 0.4) is 0 Å². The normalized spacial score (nSPS) is 10.5. The molecule has 4 rings (SSSR count). The summed E-state index contributed by atoms with van der Waals surface area (Å²) in [6.45, 7) is 0. The highest BCUT2D eigenvalue weighted by Crippen LogP contribution is 2.24. The number of rotatable bonds is 4. The molecule has 8 heteroatoms. The van der Waals surface area contributed by atoms with Crippen molar-refractivity contribution in [1.29, 1.82) is 0 Å². The van der Waals surface area contributed by atoms with Gasteiger partial charge in [-0.15, -0.1) is 0 Å². The lowest BCUT2D eigenvalue weighted by molar-refractivity contribution is -0.384.